The highest BCUT2D eigenvalue weighted by atomic mass is 16.5. The van der Waals surface area contributed by atoms with Crippen LogP contribution in [0.1, 0.15) is 29.7 Å². The first kappa shape index (κ1) is 13.2. The van der Waals surface area contributed by atoms with Gasteiger partial charge >= 0.3 is 0 Å². The summed E-state index contributed by atoms with van der Waals surface area (Å²) in [5.74, 6) is 1.50. The second kappa shape index (κ2) is 6.09. The molecule has 0 spiro atoms. The van der Waals surface area contributed by atoms with Crippen LogP contribution in [-0.4, -0.2) is 12.5 Å². The van der Waals surface area contributed by atoms with Crippen LogP contribution in [0.3, 0.4) is 0 Å². The third kappa shape index (κ3) is 3.61. The van der Waals surface area contributed by atoms with Crippen LogP contribution in [0.25, 0.3) is 0 Å². The van der Waals surface area contributed by atoms with Gasteiger partial charge in [0.1, 0.15) is 11.5 Å². The Balaban J connectivity index is 2.04. The summed E-state index contributed by atoms with van der Waals surface area (Å²) < 4.78 is 10.8. The summed E-state index contributed by atoms with van der Waals surface area (Å²) in [6, 6.07) is 10.7. The average Bonchev–Trinajstić information content (AvgIpc) is 2.83. The standard InChI is InChI=1S/C15H17NO3/c1-3-9-18-13-6-4-5-12(10-13)16-15(17)14-8-7-11(2)19-14/h4-8,10H,3,9H2,1-2H3,(H,16,17). The molecule has 0 aliphatic carbocycles. The van der Waals surface area contributed by atoms with E-state index < -0.39 is 0 Å². The van der Waals surface area contributed by atoms with Gasteiger partial charge in [-0.25, -0.2) is 0 Å². The Bertz CT molecular complexity index is 560. The van der Waals surface area contributed by atoms with E-state index in [1.165, 1.54) is 0 Å². The Morgan fingerprint density at radius 3 is 2.84 bits per heavy atom. The predicted molar refractivity (Wildman–Crippen MR) is 73.6 cm³/mol. The van der Waals surface area contributed by atoms with Crippen molar-refractivity contribution in [1.82, 2.24) is 0 Å². The Morgan fingerprint density at radius 1 is 1.32 bits per heavy atom. The van der Waals surface area contributed by atoms with Crippen LogP contribution < -0.4 is 10.1 Å². The first-order chi connectivity index (χ1) is 9.19. The zero-order valence-corrected chi connectivity index (χ0v) is 11.1. The van der Waals surface area contributed by atoms with Gasteiger partial charge in [0.15, 0.2) is 5.76 Å². The molecule has 0 fully saturated rings. The summed E-state index contributed by atoms with van der Waals surface area (Å²) in [7, 11) is 0. The first-order valence-electron chi connectivity index (χ1n) is 6.29. The van der Waals surface area contributed by atoms with Crippen molar-refractivity contribution < 1.29 is 13.9 Å². The number of carbonyl (C=O) groups excluding carboxylic acids is 1. The van der Waals surface area contributed by atoms with Crippen LogP contribution >= 0.6 is 0 Å². The van der Waals surface area contributed by atoms with E-state index in [-0.39, 0.29) is 5.91 Å². The highest BCUT2D eigenvalue weighted by Crippen LogP contribution is 2.18. The molecule has 1 heterocycles. The van der Waals surface area contributed by atoms with Gasteiger partial charge in [0, 0.05) is 11.8 Å². The first-order valence-corrected chi connectivity index (χ1v) is 6.29. The predicted octanol–water partition coefficient (Wildman–Crippen LogP) is 3.63. The molecule has 1 aromatic heterocycles. The van der Waals surface area contributed by atoms with E-state index in [4.69, 9.17) is 9.15 Å². The number of rotatable bonds is 5. The fourth-order valence-electron chi connectivity index (χ4n) is 1.63. The van der Waals surface area contributed by atoms with Crippen molar-refractivity contribution in [2.24, 2.45) is 0 Å². The number of furan rings is 1. The number of ether oxygens (including phenoxy) is 1. The van der Waals surface area contributed by atoms with Gasteiger partial charge in [-0.3, -0.25) is 4.79 Å². The minimum Gasteiger partial charge on any atom is -0.494 e. The third-order valence-electron chi connectivity index (χ3n) is 2.53. The van der Waals surface area contributed by atoms with Gasteiger partial charge in [-0.15, -0.1) is 0 Å². The Kier molecular flexibility index (Phi) is 4.23. The fourth-order valence-corrected chi connectivity index (χ4v) is 1.63. The van der Waals surface area contributed by atoms with Crippen LogP contribution in [-0.2, 0) is 0 Å². The summed E-state index contributed by atoms with van der Waals surface area (Å²) in [5, 5.41) is 2.78. The molecule has 2 aromatic rings. The summed E-state index contributed by atoms with van der Waals surface area (Å²) in [6.07, 6.45) is 0.947. The van der Waals surface area contributed by atoms with Gasteiger partial charge < -0.3 is 14.5 Å². The van der Waals surface area contributed by atoms with Gasteiger partial charge in [-0.2, -0.15) is 0 Å². The van der Waals surface area contributed by atoms with Crippen molar-refractivity contribution >= 4 is 11.6 Å². The van der Waals surface area contributed by atoms with Crippen molar-refractivity contribution in [3.63, 3.8) is 0 Å². The second-order valence-corrected chi connectivity index (χ2v) is 4.24. The molecule has 4 heteroatoms. The lowest BCUT2D eigenvalue weighted by atomic mass is 10.3. The Hall–Kier alpha value is -2.23. The lowest BCUT2D eigenvalue weighted by Crippen LogP contribution is -2.10. The molecule has 1 N–H and O–H groups in total. The molecule has 0 radical (unpaired) electrons. The topological polar surface area (TPSA) is 51.5 Å². The smallest absolute Gasteiger partial charge is 0.291 e. The monoisotopic (exact) mass is 259 g/mol. The van der Waals surface area contributed by atoms with Gasteiger partial charge in [0.25, 0.3) is 5.91 Å². The lowest BCUT2D eigenvalue weighted by Gasteiger charge is -2.07. The number of aryl methyl sites for hydroxylation is 1. The minimum absolute atomic E-state index is 0.263. The number of carbonyl (C=O) groups is 1. The minimum atomic E-state index is -0.263. The maximum atomic E-state index is 11.9. The number of benzene rings is 1. The number of hydrogen-bond donors (Lipinski definition) is 1. The van der Waals surface area contributed by atoms with Crippen LogP contribution in [0, 0.1) is 6.92 Å². The normalized spacial score (nSPS) is 10.2. The molecule has 0 aliphatic rings. The summed E-state index contributed by atoms with van der Waals surface area (Å²) >= 11 is 0. The van der Waals surface area contributed by atoms with E-state index in [1.54, 1.807) is 25.1 Å². The van der Waals surface area contributed by atoms with Crippen LogP contribution in [0.4, 0.5) is 5.69 Å². The number of hydrogen-bond acceptors (Lipinski definition) is 3. The van der Waals surface area contributed by atoms with E-state index >= 15 is 0 Å². The Labute approximate surface area is 112 Å². The summed E-state index contributed by atoms with van der Waals surface area (Å²) in [5.41, 5.74) is 0.688. The third-order valence-corrected chi connectivity index (χ3v) is 2.53. The summed E-state index contributed by atoms with van der Waals surface area (Å²) in [4.78, 5) is 11.9. The largest absolute Gasteiger partial charge is 0.494 e. The molecule has 19 heavy (non-hydrogen) atoms. The number of amides is 1. The van der Waals surface area contributed by atoms with E-state index in [0.717, 1.165) is 12.2 Å². The van der Waals surface area contributed by atoms with Crippen LogP contribution in [0.2, 0.25) is 0 Å². The molecule has 100 valence electrons. The van der Waals surface area contributed by atoms with Gasteiger partial charge in [0.05, 0.1) is 6.61 Å². The van der Waals surface area contributed by atoms with E-state index in [0.29, 0.717) is 23.8 Å². The van der Waals surface area contributed by atoms with Crippen molar-refractivity contribution in [2.45, 2.75) is 20.3 Å². The summed E-state index contributed by atoms with van der Waals surface area (Å²) in [6.45, 7) is 4.51. The maximum Gasteiger partial charge on any atom is 0.291 e. The molecule has 0 unspecified atom stereocenters. The molecule has 0 saturated carbocycles. The van der Waals surface area contributed by atoms with E-state index in [2.05, 4.69) is 5.32 Å². The van der Waals surface area contributed by atoms with Crippen LogP contribution in [0.15, 0.2) is 40.8 Å². The molecule has 0 aliphatic heterocycles. The number of anilines is 1. The second-order valence-electron chi connectivity index (χ2n) is 4.24. The molecule has 0 bridgehead atoms. The molecule has 2 rings (SSSR count). The molecule has 0 atom stereocenters. The fraction of sp³-hybridized carbons (Fsp3) is 0.267. The highest BCUT2D eigenvalue weighted by molar-refractivity contribution is 6.02. The average molecular weight is 259 g/mol. The Morgan fingerprint density at radius 2 is 2.16 bits per heavy atom. The molecular formula is C15H17NO3. The quantitative estimate of drug-likeness (QED) is 0.892. The van der Waals surface area contributed by atoms with Crippen molar-refractivity contribution in [3.05, 3.63) is 47.9 Å². The van der Waals surface area contributed by atoms with Gasteiger partial charge in [-0.05, 0) is 37.6 Å². The number of nitrogens with one attached hydrogen (secondary N) is 1. The molecule has 1 aromatic carbocycles. The molecule has 4 nitrogen and oxygen atoms in total. The van der Waals surface area contributed by atoms with Gasteiger partial charge in [0.2, 0.25) is 0 Å². The van der Waals surface area contributed by atoms with Gasteiger partial charge in [-0.1, -0.05) is 13.0 Å². The van der Waals surface area contributed by atoms with E-state index in [1.807, 2.05) is 25.1 Å². The van der Waals surface area contributed by atoms with E-state index in [9.17, 15) is 4.79 Å². The maximum absolute atomic E-state index is 11.9. The molecule has 1 amide bonds. The van der Waals surface area contributed by atoms with Crippen molar-refractivity contribution in [2.75, 3.05) is 11.9 Å². The van der Waals surface area contributed by atoms with Crippen molar-refractivity contribution in [1.29, 1.82) is 0 Å². The zero-order chi connectivity index (χ0) is 13.7. The highest BCUT2D eigenvalue weighted by Gasteiger charge is 2.10. The molecule has 0 saturated heterocycles. The van der Waals surface area contributed by atoms with Crippen LogP contribution in [0.5, 0.6) is 5.75 Å². The zero-order valence-electron chi connectivity index (χ0n) is 11.1. The molecular weight excluding hydrogens is 242 g/mol. The van der Waals surface area contributed by atoms with Crippen molar-refractivity contribution in [3.8, 4) is 5.75 Å². The lowest BCUT2D eigenvalue weighted by molar-refractivity contribution is 0.0995. The SMILES string of the molecule is CCCOc1cccc(NC(=O)c2ccc(C)o2)c1.